The normalized spacial score (nSPS) is 31.4. The smallest absolute Gasteiger partial charge is 0.138 e. The van der Waals surface area contributed by atoms with Crippen LogP contribution in [-0.4, -0.2) is 19.3 Å². The molecule has 0 spiro atoms. The van der Waals surface area contributed by atoms with E-state index >= 15 is 0 Å². The van der Waals surface area contributed by atoms with Crippen LogP contribution in [0.5, 0.6) is 5.75 Å². The van der Waals surface area contributed by atoms with Crippen molar-refractivity contribution in [1.82, 2.24) is 0 Å². The standard InChI is InChI=1S/C15H21Cl2NO2/c1-7-8(2)20-9(3)14(7)15(18)10-5-12(17)13(19-4)6-11(10)16/h5-9,14-15H,18H2,1-4H3. The van der Waals surface area contributed by atoms with Crippen LogP contribution in [0.3, 0.4) is 0 Å². The van der Waals surface area contributed by atoms with Gasteiger partial charge in [0.25, 0.3) is 0 Å². The van der Waals surface area contributed by atoms with Gasteiger partial charge >= 0.3 is 0 Å². The van der Waals surface area contributed by atoms with Crippen molar-refractivity contribution in [3.63, 3.8) is 0 Å². The van der Waals surface area contributed by atoms with Gasteiger partial charge in [-0.2, -0.15) is 0 Å². The van der Waals surface area contributed by atoms with Gasteiger partial charge in [-0.25, -0.2) is 0 Å². The fraction of sp³-hybridized carbons (Fsp3) is 0.600. The molecular weight excluding hydrogens is 297 g/mol. The maximum Gasteiger partial charge on any atom is 0.138 e. The van der Waals surface area contributed by atoms with Crippen molar-refractivity contribution >= 4 is 23.2 Å². The Balaban J connectivity index is 2.34. The number of hydrogen-bond acceptors (Lipinski definition) is 3. The summed E-state index contributed by atoms with van der Waals surface area (Å²) in [6.07, 6.45) is 0.306. The van der Waals surface area contributed by atoms with Crippen molar-refractivity contribution < 1.29 is 9.47 Å². The Kier molecular flexibility index (Phi) is 4.85. The number of halogens is 2. The zero-order chi connectivity index (χ0) is 15.0. The summed E-state index contributed by atoms with van der Waals surface area (Å²) in [5, 5.41) is 1.10. The van der Waals surface area contributed by atoms with Crippen molar-refractivity contribution in [2.24, 2.45) is 17.6 Å². The van der Waals surface area contributed by atoms with Crippen LogP contribution in [0.4, 0.5) is 0 Å². The van der Waals surface area contributed by atoms with E-state index in [1.807, 2.05) is 0 Å². The zero-order valence-corrected chi connectivity index (χ0v) is 13.7. The highest BCUT2D eigenvalue weighted by Gasteiger charge is 2.41. The van der Waals surface area contributed by atoms with Gasteiger partial charge in [-0.3, -0.25) is 0 Å². The molecule has 1 saturated heterocycles. The van der Waals surface area contributed by atoms with Crippen LogP contribution in [0, 0.1) is 11.8 Å². The van der Waals surface area contributed by atoms with E-state index in [0.29, 0.717) is 21.7 Å². The summed E-state index contributed by atoms with van der Waals surface area (Å²) < 4.78 is 11.0. The molecule has 1 heterocycles. The lowest BCUT2D eigenvalue weighted by Crippen LogP contribution is -2.30. The molecular formula is C15H21Cl2NO2. The Morgan fingerprint density at radius 1 is 1.15 bits per heavy atom. The lowest BCUT2D eigenvalue weighted by atomic mass is 9.81. The molecule has 5 heteroatoms. The van der Waals surface area contributed by atoms with Crippen molar-refractivity contribution in [1.29, 1.82) is 0 Å². The summed E-state index contributed by atoms with van der Waals surface area (Å²) in [4.78, 5) is 0. The highest BCUT2D eigenvalue weighted by atomic mass is 35.5. The van der Waals surface area contributed by atoms with Crippen molar-refractivity contribution in [2.45, 2.75) is 39.0 Å². The van der Waals surface area contributed by atoms with Crippen LogP contribution in [0.15, 0.2) is 12.1 Å². The Bertz CT molecular complexity index is 495. The van der Waals surface area contributed by atoms with E-state index in [4.69, 9.17) is 38.4 Å². The second-order valence-electron chi connectivity index (χ2n) is 5.52. The lowest BCUT2D eigenvalue weighted by molar-refractivity contribution is 0.0489. The predicted octanol–water partition coefficient (Wildman–Crippen LogP) is 4.06. The van der Waals surface area contributed by atoms with E-state index in [1.54, 1.807) is 19.2 Å². The number of rotatable bonds is 3. The van der Waals surface area contributed by atoms with Gasteiger partial charge < -0.3 is 15.2 Å². The van der Waals surface area contributed by atoms with Crippen LogP contribution in [0.1, 0.15) is 32.4 Å². The summed E-state index contributed by atoms with van der Waals surface area (Å²) in [5.74, 6) is 1.15. The first-order valence-electron chi connectivity index (χ1n) is 6.80. The van der Waals surface area contributed by atoms with Gasteiger partial charge in [0.05, 0.1) is 24.3 Å². The van der Waals surface area contributed by atoms with E-state index in [1.165, 1.54) is 0 Å². The molecule has 112 valence electrons. The number of methoxy groups -OCH3 is 1. The van der Waals surface area contributed by atoms with E-state index in [0.717, 1.165) is 5.56 Å². The molecule has 2 N–H and O–H groups in total. The average molecular weight is 318 g/mol. The monoisotopic (exact) mass is 317 g/mol. The summed E-state index contributed by atoms with van der Waals surface area (Å²) in [7, 11) is 1.56. The highest BCUT2D eigenvalue weighted by molar-refractivity contribution is 6.34. The summed E-state index contributed by atoms with van der Waals surface area (Å²) in [6.45, 7) is 6.30. The van der Waals surface area contributed by atoms with Gasteiger partial charge in [0.1, 0.15) is 5.75 Å². The molecule has 1 fully saturated rings. The van der Waals surface area contributed by atoms with Gasteiger partial charge in [-0.05, 0) is 31.4 Å². The van der Waals surface area contributed by atoms with Crippen LogP contribution >= 0.6 is 23.2 Å². The fourth-order valence-electron chi connectivity index (χ4n) is 3.08. The minimum absolute atomic E-state index is 0.104. The topological polar surface area (TPSA) is 44.5 Å². The summed E-state index contributed by atoms with van der Waals surface area (Å²) in [5.41, 5.74) is 7.29. The Morgan fingerprint density at radius 2 is 1.80 bits per heavy atom. The molecule has 0 aromatic heterocycles. The van der Waals surface area contributed by atoms with Gasteiger partial charge in [0.2, 0.25) is 0 Å². The molecule has 0 saturated carbocycles. The minimum Gasteiger partial charge on any atom is -0.495 e. The molecule has 1 aromatic carbocycles. The third-order valence-electron chi connectivity index (χ3n) is 4.36. The molecule has 5 atom stereocenters. The maximum absolute atomic E-state index is 6.44. The van der Waals surface area contributed by atoms with Gasteiger partial charge in [0.15, 0.2) is 0 Å². The molecule has 1 aliphatic heterocycles. The molecule has 2 rings (SSSR count). The first-order valence-corrected chi connectivity index (χ1v) is 7.56. The number of ether oxygens (including phenoxy) is 2. The molecule has 0 amide bonds. The highest BCUT2D eigenvalue weighted by Crippen LogP contribution is 2.42. The SMILES string of the molecule is COc1cc(Cl)c(C(N)C2C(C)OC(C)C2C)cc1Cl. The molecule has 0 aliphatic carbocycles. The van der Waals surface area contributed by atoms with E-state index in [-0.39, 0.29) is 24.2 Å². The van der Waals surface area contributed by atoms with E-state index in [9.17, 15) is 0 Å². The molecule has 0 bridgehead atoms. The minimum atomic E-state index is -0.208. The lowest BCUT2D eigenvalue weighted by Gasteiger charge is -2.27. The number of nitrogens with two attached hydrogens (primary N) is 1. The second-order valence-corrected chi connectivity index (χ2v) is 6.33. The molecule has 1 aliphatic rings. The van der Waals surface area contributed by atoms with Crippen LogP contribution in [-0.2, 0) is 4.74 Å². The quantitative estimate of drug-likeness (QED) is 0.914. The molecule has 5 unspecified atom stereocenters. The second kappa shape index (κ2) is 6.10. The molecule has 1 aromatic rings. The van der Waals surface area contributed by atoms with Gasteiger partial charge in [-0.15, -0.1) is 0 Å². The zero-order valence-electron chi connectivity index (χ0n) is 12.2. The van der Waals surface area contributed by atoms with Crippen molar-refractivity contribution in [3.05, 3.63) is 27.7 Å². The van der Waals surface area contributed by atoms with Gasteiger partial charge in [-0.1, -0.05) is 30.1 Å². The van der Waals surface area contributed by atoms with Crippen LogP contribution in [0.2, 0.25) is 10.0 Å². The maximum atomic E-state index is 6.44. The largest absolute Gasteiger partial charge is 0.495 e. The Labute approximate surface area is 130 Å². The van der Waals surface area contributed by atoms with Gasteiger partial charge in [0, 0.05) is 23.0 Å². The summed E-state index contributed by atoms with van der Waals surface area (Å²) >= 11 is 12.5. The van der Waals surface area contributed by atoms with Crippen molar-refractivity contribution in [3.8, 4) is 5.75 Å². The Morgan fingerprint density at radius 3 is 2.30 bits per heavy atom. The van der Waals surface area contributed by atoms with Crippen molar-refractivity contribution in [2.75, 3.05) is 7.11 Å². The van der Waals surface area contributed by atoms with Crippen LogP contribution in [0.25, 0.3) is 0 Å². The van der Waals surface area contributed by atoms with Crippen LogP contribution < -0.4 is 10.5 Å². The van der Waals surface area contributed by atoms with E-state index in [2.05, 4.69) is 20.8 Å². The third kappa shape index (κ3) is 2.77. The first kappa shape index (κ1) is 15.9. The third-order valence-corrected chi connectivity index (χ3v) is 4.99. The molecule has 0 radical (unpaired) electrons. The Hall–Kier alpha value is -0.480. The number of benzene rings is 1. The van der Waals surface area contributed by atoms with E-state index < -0.39 is 0 Å². The predicted molar refractivity (Wildman–Crippen MR) is 82.6 cm³/mol. The summed E-state index contributed by atoms with van der Waals surface area (Å²) in [6, 6.07) is 3.31. The average Bonchev–Trinajstić information content (AvgIpc) is 2.65. The molecule has 20 heavy (non-hydrogen) atoms. The molecule has 3 nitrogen and oxygen atoms in total. The number of hydrogen-bond donors (Lipinski definition) is 1. The fourth-order valence-corrected chi connectivity index (χ4v) is 3.60. The first-order chi connectivity index (χ1) is 9.36.